The summed E-state index contributed by atoms with van der Waals surface area (Å²) in [7, 11) is 0. The first kappa shape index (κ1) is 11.0. The summed E-state index contributed by atoms with van der Waals surface area (Å²) in [6, 6.07) is 8.82. The van der Waals surface area contributed by atoms with E-state index < -0.39 is 0 Å². The number of nitrogens with zero attached hydrogens (tertiary/aromatic N) is 1. The maximum Gasteiger partial charge on any atom is 0.147 e. The molecule has 0 fully saturated rings. The number of pyridine rings is 1. The predicted octanol–water partition coefficient (Wildman–Crippen LogP) is 3.71. The van der Waals surface area contributed by atoms with Crippen LogP contribution < -0.4 is 11.1 Å². The fourth-order valence-electron chi connectivity index (χ4n) is 1.30. The lowest BCUT2D eigenvalue weighted by Crippen LogP contribution is -1.97. The van der Waals surface area contributed by atoms with Crippen LogP contribution in [-0.4, -0.2) is 4.98 Å². The molecule has 2 aromatic rings. The summed E-state index contributed by atoms with van der Waals surface area (Å²) in [5, 5.41) is 4.23. The molecule has 0 spiro atoms. The monoisotopic (exact) mass is 253 g/mol. The van der Waals surface area contributed by atoms with Crippen LogP contribution >= 0.6 is 23.2 Å². The van der Waals surface area contributed by atoms with Gasteiger partial charge in [-0.25, -0.2) is 4.98 Å². The first-order valence-corrected chi connectivity index (χ1v) is 5.34. The predicted molar refractivity (Wildman–Crippen MR) is 68.4 cm³/mol. The van der Waals surface area contributed by atoms with E-state index in [9.17, 15) is 0 Å². The minimum atomic E-state index is 0.429. The zero-order chi connectivity index (χ0) is 11.5. The van der Waals surface area contributed by atoms with Crippen molar-refractivity contribution in [1.82, 2.24) is 4.98 Å². The Kier molecular flexibility index (Phi) is 3.17. The number of anilines is 3. The van der Waals surface area contributed by atoms with Gasteiger partial charge in [-0.2, -0.15) is 0 Å². The number of hydrogen-bond acceptors (Lipinski definition) is 3. The van der Waals surface area contributed by atoms with Crippen molar-refractivity contribution in [3.8, 4) is 0 Å². The highest BCUT2D eigenvalue weighted by Gasteiger charge is 2.01. The standard InChI is InChI=1S/C11H9Cl2N3/c12-7-4-8(13)6-9(5-7)16-10-2-1-3-15-11(10)14/h1-6,16H,(H2,14,15). The number of aromatic nitrogens is 1. The van der Waals surface area contributed by atoms with Crippen molar-refractivity contribution in [2.75, 3.05) is 11.1 Å². The van der Waals surface area contributed by atoms with E-state index in [-0.39, 0.29) is 0 Å². The molecule has 2 rings (SSSR count). The zero-order valence-corrected chi connectivity index (χ0v) is 9.76. The normalized spacial score (nSPS) is 10.1. The highest BCUT2D eigenvalue weighted by Crippen LogP contribution is 2.26. The van der Waals surface area contributed by atoms with Crippen molar-refractivity contribution in [2.24, 2.45) is 0 Å². The van der Waals surface area contributed by atoms with Crippen molar-refractivity contribution < 1.29 is 0 Å². The second-order valence-corrected chi connectivity index (χ2v) is 4.09. The van der Waals surface area contributed by atoms with E-state index in [4.69, 9.17) is 28.9 Å². The van der Waals surface area contributed by atoms with E-state index in [0.29, 0.717) is 15.9 Å². The number of nitrogens with one attached hydrogen (secondary N) is 1. The van der Waals surface area contributed by atoms with Crippen LogP contribution in [0, 0.1) is 0 Å². The molecule has 1 aromatic heterocycles. The quantitative estimate of drug-likeness (QED) is 0.858. The number of nitrogen functional groups attached to an aromatic ring is 1. The molecule has 16 heavy (non-hydrogen) atoms. The van der Waals surface area contributed by atoms with Gasteiger partial charge in [0.05, 0.1) is 5.69 Å². The zero-order valence-electron chi connectivity index (χ0n) is 8.24. The van der Waals surface area contributed by atoms with Crippen LogP contribution in [0.1, 0.15) is 0 Å². The van der Waals surface area contributed by atoms with E-state index in [0.717, 1.165) is 11.4 Å². The Balaban J connectivity index is 2.30. The highest BCUT2D eigenvalue weighted by molar-refractivity contribution is 6.35. The third-order valence-corrected chi connectivity index (χ3v) is 2.42. The van der Waals surface area contributed by atoms with E-state index in [2.05, 4.69) is 10.3 Å². The number of hydrogen-bond donors (Lipinski definition) is 2. The molecule has 0 radical (unpaired) electrons. The van der Waals surface area contributed by atoms with Crippen molar-refractivity contribution in [1.29, 1.82) is 0 Å². The first-order valence-electron chi connectivity index (χ1n) is 4.59. The molecule has 5 heteroatoms. The van der Waals surface area contributed by atoms with Crippen LogP contribution in [0.4, 0.5) is 17.2 Å². The molecule has 0 aliphatic heterocycles. The van der Waals surface area contributed by atoms with Crippen LogP contribution in [0.3, 0.4) is 0 Å². The van der Waals surface area contributed by atoms with Crippen LogP contribution in [-0.2, 0) is 0 Å². The lowest BCUT2D eigenvalue weighted by molar-refractivity contribution is 1.33. The first-order chi connectivity index (χ1) is 7.65. The Morgan fingerprint density at radius 2 is 1.81 bits per heavy atom. The molecular formula is C11H9Cl2N3. The van der Waals surface area contributed by atoms with Crippen LogP contribution in [0.5, 0.6) is 0 Å². The van der Waals surface area contributed by atoms with Gasteiger partial charge < -0.3 is 11.1 Å². The summed E-state index contributed by atoms with van der Waals surface area (Å²) in [6.45, 7) is 0. The number of halogens is 2. The van der Waals surface area contributed by atoms with Gasteiger partial charge in [0.1, 0.15) is 5.82 Å². The van der Waals surface area contributed by atoms with Gasteiger partial charge in [0, 0.05) is 21.9 Å². The van der Waals surface area contributed by atoms with Gasteiger partial charge in [-0.15, -0.1) is 0 Å². The van der Waals surface area contributed by atoms with Crippen molar-refractivity contribution in [3.05, 3.63) is 46.6 Å². The number of rotatable bonds is 2. The Hall–Kier alpha value is -1.45. The minimum absolute atomic E-state index is 0.429. The summed E-state index contributed by atoms with van der Waals surface area (Å²) in [6.07, 6.45) is 1.63. The van der Waals surface area contributed by atoms with Gasteiger partial charge in [0.2, 0.25) is 0 Å². The molecule has 0 unspecified atom stereocenters. The molecule has 0 atom stereocenters. The van der Waals surface area contributed by atoms with Crippen LogP contribution in [0.2, 0.25) is 10.0 Å². The molecule has 0 saturated carbocycles. The summed E-state index contributed by atoms with van der Waals surface area (Å²) < 4.78 is 0. The summed E-state index contributed by atoms with van der Waals surface area (Å²) in [5.41, 5.74) is 7.20. The van der Waals surface area contributed by atoms with Crippen molar-refractivity contribution in [2.45, 2.75) is 0 Å². The number of benzene rings is 1. The molecule has 1 heterocycles. The molecule has 0 saturated heterocycles. The van der Waals surface area contributed by atoms with Gasteiger partial charge in [0.25, 0.3) is 0 Å². The fourth-order valence-corrected chi connectivity index (χ4v) is 1.83. The molecule has 3 N–H and O–H groups in total. The largest absolute Gasteiger partial charge is 0.382 e. The van der Waals surface area contributed by atoms with Crippen molar-refractivity contribution in [3.63, 3.8) is 0 Å². The van der Waals surface area contributed by atoms with E-state index >= 15 is 0 Å². The Bertz CT molecular complexity index is 494. The van der Waals surface area contributed by atoms with Gasteiger partial charge in [-0.3, -0.25) is 0 Å². The minimum Gasteiger partial charge on any atom is -0.382 e. The molecule has 0 bridgehead atoms. The maximum atomic E-state index is 5.88. The topological polar surface area (TPSA) is 50.9 Å². The molecular weight excluding hydrogens is 245 g/mol. The molecule has 0 aliphatic rings. The van der Waals surface area contributed by atoms with E-state index in [1.54, 1.807) is 30.5 Å². The lowest BCUT2D eigenvalue weighted by Gasteiger charge is -2.08. The van der Waals surface area contributed by atoms with Gasteiger partial charge in [0.15, 0.2) is 0 Å². The van der Waals surface area contributed by atoms with Gasteiger partial charge in [-0.1, -0.05) is 23.2 Å². The average molecular weight is 254 g/mol. The maximum absolute atomic E-state index is 5.88. The Labute approximate surface area is 103 Å². The summed E-state index contributed by atoms with van der Waals surface area (Å²) >= 11 is 11.8. The molecule has 1 aromatic carbocycles. The highest BCUT2D eigenvalue weighted by atomic mass is 35.5. The van der Waals surface area contributed by atoms with Crippen LogP contribution in [0.15, 0.2) is 36.5 Å². The number of nitrogens with two attached hydrogens (primary N) is 1. The van der Waals surface area contributed by atoms with E-state index in [1.807, 2.05) is 6.07 Å². The second kappa shape index (κ2) is 4.60. The van der Waals surface area contributed by atoms with Gasteiger partial charge >= 0.3 is 0 Å². The van der Waals surface area contributed by atoms with E-state index in [1.165, 1.54) is 0 Å². The second-order valence-electron chi connectivity index (χ2n) is 3.22. The Morgan fingerprint density at radius 3 is 2.44 bits per heavy atom. The third-order valence-electron chi connectivity index (χ3n) is 1.98. The fraction of sp³-hybridized carbons (Fsp3) is 0. The SMILES string of the molecule is Nc1ncccc1Nc1cc(Cl)cc(Cl)c1. The molecule has 0 amide bonds. The summed E-state index contributed by atoms with van der Waals surface area (Å²) in [4.78, 5) is 3.97. The van der Waals surface area contributed by atoms with Crippen molar-refractivity contribution >= 4 is 40.4 Å². The smallest absolute Gasteiger partial charge is 0.147 e. The third kappa shape index (κ3) is 2.56. The van der Waals surface area contributed by atoms with Gasteiger partial charge in [-0.05, 0) is 30.3 Å². The average Bonchev–Trinajstić information content (AvgIpc) is 2.20. The Morgan fingerprint density at radius 1 is 1.12 bits per heavy atom. The molecule has 3 nitrogen and oxygen atoms in total. The lowest BCUT2D eigenvalue weighted by atomic mass is 10.3. The summed E-state index contributed by atoms with van der Waals surface area (Å²) in [5.74, 6) is 0.429. The van der Waals surface area contributed by atoms with Crippen LogP contribution in [0.25, 0.3) is 0 Å². The molecule has 82 valence electrons. The molecule has 0 aliphatic carbocycles.